The average molecular weight is 364 g/mol. The molecule has 2 aromatic carbocycles. The van der Waals surface area contributed by atoms with Crippen molar-refractivity contribution in [1.82, 2.24) is 9.55 Å². The standard InChI is InChI=1S/C20H14ClN3O2/c21-15-6-3-5-13-16(8-10-22-20(13)15)23-19(26)12-24-11-9-18(25)14-4-1-2-7-17(14)24/h1-11H,12H2,(H,22,23,26). The highest BCUT2D eigenvalue weighted by Gasteiger charge is 2.10. The zero-order valence-corrected chi connectivity index (χ0v) is 14.4. The first-order valence-corrected chi connectivity index (χ1v) is 8.42. The van der Waals surface area contributed by atoms with Crippen LogP contribution in [0, 0.1) is 0 Å². The molecule has 0 saturated heterocycles. The van der Waals surface area contributed by atoms with Gasteiger partial charge in [-0.1, -0.05) is 35.9 Å². The van der Waals surface area contributed by atoms with E-state index in [2.05, 4.69) is 10.3 Å². The second-order valence-corrected chi connectivity index (χ2v) is 6.27. The summed E-state index contributed by atoms with van der Waals surface area (Å²) in [5.74, 6) is -0.203. The molecule has 0 radical (unpaired) electrons. The molecule has 4 aromatic rings. The number of hydrogen-bond donors (Lipinski definition) is 1. The van der Waals surface area contributed by atoms with Crippen LogP contribution >= 0.6 is 11.6 Å². The predicted molar refractivity (Wildman–Crippen MR) is 104 cm³/mol. The number of amides is 1. The molecule has 0 aliphatic carbocycles. The molecule has 128 valence electrons. The molecule has 4 rings (SSSR count). The van der Waals surface area contributed by atoms with Gasteiger partial charge in [0.2, 0.25) is 5.91 Å². The van der Waals surface area contributed by atoms with Crippen molar-refractivity contribution in [3.05, 3.63) is 82.2 Å². The van der Waals surface area contributed by atoms with Gasteiger partial charge in [-0.05, 0) is 24.3 Å². The number of benzene rings is 2. The summed E-state index contributed by atoms with van der Waals surface area (Å²) in [6, 6.07) is 15.9. The number of carbonyl (C=O) groups excluding carboxylic acids is 1. The average Bonchev–Trinajstić information content (AvgIpc) is 2.65. The van der Waals surface area contributed by atoms with E-state index in [0.717, 1.165) is 10.9 Å². The molecule has 26 heavy (non-hydrogen) atoms. The minimum atomic E-state index is -0.203. The fourth-order valence-electron chi connectivity index (χ4n) is 2.99. The van der Waals surface area contributed by atoms with Crippen LogP contribution in [-0.2, 0) is 11.3 Å². The smallest absolute Gasteiger partial charge is 0.244 e. The number of pyridine rings is 2. The van der Waals surface area contributed by atoms with Crippen LogP contribution in [0.15, 0.2) is 71.8 Å². The number of rotatable bonds is 3. The van der Waals surface area contributed by atoms with Gasteiger partial charge in [-0.3, -0.25) is 14.6 Å². The van der Waals surface area contributed by atoms with E-state index in [-0.39, 0.29) is 17.9 Å². The maximum absolute atomic E-state index is 12.6. The molecule has 0 aliphatic rings. The fourth-order valence-corrected chi connectivity index (χ4v) is 3.21. The molecule has 0 unspecified atom stereocenters. The van der Waals surface area contributed by atoms with Gasteiger partial charge in [-0.2, -0.15) is 0 Å². The number of halogens is 1. The lowest BCUT2D eigenvalue weighted by molar-refractivity contribution is -0.116. The lowest BCUT2D eigenvalue weighted by Gasteiger charge is -2.12. The summed E-state index contributed by atoms with van der Waals surface area (Å²) in [6.07, 6.45) is 3.24. The van der Waals surface area contributed by atoms with Crippen molar-refractivity contribution < 1.29 is 4.79 Å². The lowest BCUT2D eigenvalue weighted by Crippen LogP contribution is -2.20. The van der Waals surface area contributed by atoms with Crippen molar-refractivity contribution in [3.63, 3.8) is 0 Å². The Balaban J connectivity index is 1.66. The second kappa shape index (κ2) is 6.61. The van der Waals surface area contributed by atoms with E-state index < -0.39 is 0 Å². The predicted octanol–water partition coefficient (Wildman–Crippen LogP) is 3.84. The molecule has 6 heteroatoms. The fraction of sp³-hybridized carbons (Fsp3) is 0.0500. The summed E-state index contributed by atoms with van der Waals surface area (Å²) in [5, 5.41) is 4.80. The molecular weight excluding hydrogens is 350 g/mol. The Morgan fingerprint density at radius 1 is 1.04 bits per heavy atom. The molecule has 1 N–H and O–H groups in total. The van der Waals surface area contributed by atoms with Gasteiger partial charge in [0.1, 0.15) is 6.54 Å². The van der Waals surface area contributed by atoms with E-state index in [4.69, 9.17) is 11.6 Å². The first-order chi connectivity index (χ1) is 12.6. The molecule has 2 heterocycles. The van der Waals surface area contributed by atoms with Crippen molar-refractivity contribution in [2.45, 2.75) is 6.54 Å². The summed E-state index contributed by atoms with van der Waals surface area (Å²) in [4.78, 5) is 28.8. The van der Waals surface area contributed by atoms with Crippen molar-refractivity contribution in [3.8, 4) is 0 Å². The maximum Gasteiger partial charge on any atom is 0.244 e. The Morgan fingerprint density at radius 3 is 2.73 bits per heavy atom. The minimum Gasteiger partial charge on any atom is -0.338 e. The number of fused-ring (bicyclic) bond motifs is 2. The molecule has 2 aromatic heterocycles. The minimum absolute atomic E-state index is 0.0629. The largest absolute Gasteiger partial charge is 0.338 e. The number of anilines is 1. The Bertz CT molecular complexity index is 1200. The molecule has 1 amide bonds. The summed E-state index contributed by atoms with van der Waals surface area (Å²) in [7, 11) is 0. The van der Waals surface area contributed by atoms with Gasteiger partial charge in [0.25, 0.3) is 0 Å². The van der Waals surface area contributed by atoms with Gasteiger partial charge in [-0.25, -0.2) is 0 Å². The molecule has 0 bridgehead atoms. The Labute approximate surface area is 153 Å². The molecule has 0 aliphatic heterocycles. The first-order valence-electron chi connectivity index (χ1n) is 8.05. The number of nitrogens with one attached hydrogen (secondary N) is 1. The molecule has 0 saturated carbocycles. The van der Waals surface area contributed by atoms with Crippen molar-refractivity contribution in [2.24, 2.45) is 0 Å². The quantitative estimate of drug-likeness (QED) is 0.601. The van der Waals surface area contributed by atoms with Crippen molar-refractivity contribution in [2.75, 3.05) is 5.32 Å². The van der Waals surface area contributed by atoms with Crippen molar-refractivity contribution >= 4 is 45.0 Å². The maximum atomic E-state index is 12.6. The van der Waals surface area contributed by atoms with Crippen LogP contribution in [0.5, 0.6) is 0 Å². The molecule has 0 atom stereocenters. The van der Waals surface area contributed by atoms with Gasteiger partial charge in [-0.15, -0.1) is 0 Å². The number of carbonyl (C=O) groups is 1. The second-order valence-electron chi connectivity index (χ2n) is 5.87. The number of hydrogen-bond acceptors (Lipinski definition) is 3. The highest BCUT2D eigenvalue weighted by Crippen LogP contribution is 2.27. The number of para-hydroxylation sites is 2. The Morgan fingerprint density at radius 2 is 1.85 bits per heavy atom. The van der Waals surface area contributed by atoms with Gasteiger partial charge in [0, 0.05) is 29.2 Å². The molecular formula is C20H14ClN3O2. The van der Waals surface area contributed by atoms with Gasteiger partial charge < -0.3 is 9.88 Å². The third-order valence-corrected chi connectivity index (χ3v) is 4.50. The third-order valence-electron chi connectivity index (χ3n) is 4.19. The van der Waals surface area contributed by atoms with Crippen LogP contribution in [0.25, 0.3) is 21.8 Å². The van der Waals surface area contributed by atoms with E-state index in [1.807, 2.05) is 24.3 Å². The Kier molecular flexibility index (Phi) is 4.14. The summed E-state index contributed by atoms with van der Waals surface area (Å²) in [5.41, 5.74) is 1.94. The van der Waals surface area contributed by atoms with Gasteiger partial charge in [0.05, 0.1) is 21.7 Å². The number of nitrogens with zero attached hydrogens (tertiary/aromatic N) is 2. The number of aromatic nitrogens is 2. The van der Waals surface area contributed by atoms with Crippen LogP contribution in [0.4, 0.5) is 5.69 Å². The van der Waals surface area contributed by atoms with Gasteiger partial charge >= 0.3 is 0 Å². The summed E-state index contributed by atoms with van der Waals surface area (Å²) in [6.45, 7) is 0.0885. The summed E-state index contributed by atoms with van der Waals surface area (Å²) < 4.78 is 1.75. The van der Waals surface area contributed by atoms with Crippen LogP contribution in [0.1, 0.15) is 0 Å². The normalized spacial score (nSPS) is 11.0. The SMILES string of the molecule is O=C(Cn1ccc(=O)c2ccccc21)Nc1ccnc2c(Cl)cccc12. The zero-order chi connectivity index (χ0) is 18.1. The van der Waals surface area contributed by atoms with E-state index >= 15 is 0 Å². The Hall–Kier alpha value is -3.18. The highest BCUT2D eigenvalue weighted by molar-refractivity contribution is 6.35. The zero-order valence-electron chi connectivity index (χ0n) is 13.6. The van der Waals surface area contributed by atoms with Gasteiger partial charge in [0.15, 0.2) is 5.43 Å². The monoisotopic (exact) mass is 363 g/mol. The van der Waals surface area contributed by atoms with Crippen molar-refractivity contribution in [1.29, 1.82) is 0 Å². The van der Waals surface area contributed by atoms with E-state index in [0.29, 0.717) is 21.6 Å². The van der Waals surface area contributed by atoms with E-state index in [9.17, 15) is 9.59 Å². The first kappa shape index (κ1) is 16.3. The van der Waals surface area contributed by atoms with Crippen LogP contribution in [0.2, 0.25) is 5.02 Å². The molecule has 0 fully saturated rings. The van der Waals surface area contributed by atoms with Crippen LogP contribution < -0.4 is 10.7 Å². The van der Waals surface area contributed by atoms with E-state index in [1.54, 1.807) is 41.2 Å². The van der Waals surface area contributed by atoms with Crippen LogP contribution in [-0.4, -0.2) is 15.5 Å². The van der Waals surface area contributed by atoms with Crippen LogP contribution in [0.3, 0.4) is 0 Å². The molecule has 0 spiro atoms. The molecule has 5 nitrogen and oxygen atoms in total. The van der Waals surface area contributed by atoms with E-state index in [1.165, 1.54) is 6.07 Å². The third kappa shape index (κ3) is 2.93. The summed E-state index contributed by atoms with van der Waals surface area (Å²) >= 11 is 6.17. The topological polar surface area (TPSA) is 64.0 Å². The highest BCUT2D eigenvalue weighted by atomic mass is 35.5. The lowest BCUT2D eigenvalue weighted by atomic mass is 10.2.